The first kappa shape index (κ1) is 17.4. The van der Waals surface area contributed by atoms with Crippen LogP contribution < -0.4 is 5.32 Å². The number of ketones is 1. The van der Waals surface area contributed by atoms with Crippen molar-refractivity contribution in [3.05, 3.63) is 54.0 Å². The summed E-state index contributed by atoms with van der Waals surface area (Å²) in [7, 11) is 0. The minimum atomic E-state index is -0.00517. The number of amides is 1. The zero-order valence-corrected chi connectivity index (χ0v) is 14.4. The number of para-hydroxylation sites is 1. The van der Waals surface area contributed by atoms with E-state index in [0.29, 0.717) is 18.8 Å². The molecule has 0 atom stereocenters. The van der Waals surface area contributed by atoms with Gasteiger partial charge in [-0.05, 0) is 30.7 Å². The Morgan fingerprint density at radius 2 is 1.68 bits per heavy atom. The van der Waals surface area contributed by atoms with Crippen molar-refractivity contribution < 1.29 is 14.0 Å². The molecule has 2 heterocycles. The van der Waals surface area contributed by atoms with Crippen LogP contribution in [0.5, 0.6) is 0 Å². The fourth-order valence-electron chi connectivity index (χ4n) is 2.93. The second kappa shape index (κ2) is 8.09. The molecule has 2 aromatic rings. The molecule has 6 nitrogen and oxygen atoms in total. The molecule has 1 aromatic heterocycles. The third-order valence-electron chi connectivity index (χ3n) is 4.41. The molecule has 1 aliphatic heterocycles. The van der Waals surface area contributed by atoms with Crippen LogP contribution in [0.15, 0.2) is 47.1 Å². The van der Waals surface area contributed by atoms with Gasteiger partial charge in [0.15, 0.2) is 5.76 Å². The Labute approximate surface area is 147 Å². The Bertz CT molecular complexity index is 719. The molecule has 1 N–H and O–H groups in total. The molecule has 25 heavy (non-hydrogen) atoms. The summed E-state index contributed by atoms with van der Waals surface area (Å²) < 4.78 is 5.14. The predicted octanol–water partition coefficient (Wildman–Crippen LogP) is 2.03. The van der Waals surface area contributed by atoms with E-state index in [4.69, 9.17) is 4.42 Å². The third-order valence-corrected chi connectivity index (χ3v) is 4.41. The molecule has 0 aliphatic carbocycles. The SMILES string of the molecule is Cc1ccccc1NC(=O)CN1CCN(CC(=O)c2ccco2)CC1. The van der Waals surface area contributed by atoms with Gasteiger partial charge in [0.2, 0.25) is 11.7 Å². The van der Waals surface area contributed by atoms with Gasteiger partial charge in [-0.15, -0.1) is 0 Å². The zero-order valence-electron chi connectivity index (χ0n) is 14.4. The van der Waals surface area contributed by atoms with Crippen molar-refractivity contribution in [2.45, 2.75) is 6.92 Å². The second-order valence-electron chi connectivity index (χ2n) is 6.32. The number of carbonyl (C=O) groups excluding carboxylic acids is 2. The molecule has 3 rings (SSSR count). The van der Waals surface area contributed by atoms with Crippen molar-refractivity contribution in [1.29, 1.82) is 0 Å². The maximum absolute atomic E-state index is 12.2. The molecule has 1 aliphatic rings. The summed E-state index contributed by atoms with van der Waals surface area (Å²) in [5, 5.41) is 2.96. The van der Waals surface area contributed by atoms with E-state index in [9.17, 15) is 9.59 Å². The fraction of sp³-hybridized carbons (Fsp3) is 0.368. The number of nitrogens with zero attached hydrogens (tertiary/aromatic N) is 2. The summed E-state index contributed by atoms with van der Waals surface area (Å²) in [6, 6.07) is 11.2. The van der Waals surface area contributed by atoms with Crippen molar-refractivity contribution >= 4 is 17.4 Å². The highest BCUT2D eigenvalue weighted by Gasteiger charge is 2.22. The molecule has 0 radical (unpaired) electrons. The van der Waals surface area contributed by atoms with E-state index in [2.05, 4.69) is 15.1 Å². The van der Waals surface area contributed by atoms with Crippen LogP contribution in [-0.4, -0.2) is 60.8 Å². The van der Waals surface area contributed by atoms with E-state index in [-0.39, 0.29) is 11.7 Å². The number of piperazine rings is 1. The quantitative estimate of drug-likeness (QED) is 0.815. The largest absolute Gasteiger partial charge is 0.461 e. The van der Waals surface area contributed by atoms with E-state index in [1.54, 1.807) is 12.1 Å². The summed E-state index contributed by atoms with van der Waals surface area (Å²) in [5.41, 5.74) is 1.91. The number of Topliss-reactive ketones (excluding diaryl/α,β-unsaturated/α-hetero) is 1. The van der Waals surface area contributed by atoms with Crippen LogP contribution in [0.4, 0.5) is 5.69 Å². The molecule has 1 aromatic carbocycles. The van der Waals surface area contributed by atoms with E-state index in [0.717, 1.165) is 37.4 Å². The molecule has 1 amide bonds. The Balaban J connectivity index is 1.42. The van der Waals surface area contributed by atoms with Crippen molar-refractivity contribution in [1.82, 2.24) is 9.80 Å². The molecular formula is C19H23N3O3. The average Bonchev–Trinajstić information content (AvgIpc) is 3.13. The molecule has 6 heteroatoms. The van der Waals surface area contributed by atoms with Crippen molar-refractivity contribution in [2.24, 2.45) is 0 Å². The summed E-state index contributed by atoms with van der Waals surface area (Å²) >= 11 is 0. The molecular weight excluding hydrogens is 318 g/mol. The molecule has 132 valence electrons. The molecule has 0 saturated carbocycles. The van der Waals surface area contributed by atoms with Gasteiger partial charge in [0.05, 0.1) is 19.4 Å². The second-order valence-corrected chi connectivity index (χ2v) is 6.32. The number of nitrogens with one attached hydrogen (secondary N) is 1. The average molecular weight is 341 g/mol. The number of rotatable bonds is 6. The van der Waals surface area contributed by atoms with E-state index in [1.165, 1.54) is 6.26 Å². The van der Waals surface area contributed by atoms with Gasteiger partial charge < -0.3 is 9.73 Å². The standard InChI is InChI=1S/C19H23N3O3/c1-15-5-2-3-6-16(15)20-19(24)14-22-10-8-21(9-11-22)13-17(23)18-7-4-12-25-18/h2-7,12H,8-11,13-14H2,1H3,(H,20,24). The van der Waals surface area contributed by atoms with Crippen LogP contribution >= 0.6 is 0 Å². The number of anilines is 1. The van der Waals surface area contributed by atoms with Gasteiger partial charge in [-0.3, -0.25) is 19.4 Å². The van der Waals surface area contributed by atoms with Gasteiger partial charge in [0.1, 0.15) is 0 Å². The highest BCUT2D eigenvalue weighted by atomic mass is 16.3. The molecule has 0 bridgehead atoms. The van der Waals surface area contributed by atoms with Crippen LogP contribution in [0.3, 0.4) is 0 Å². The number of hydrogen-bond acceptors (Lipinski definition) is 5. The summed E-state index contributed by atoms with van der Waals surface area (Å²) in [6.07, 6.45) is 1.51. The number of benzene rings is 1. The van der Waals surface area contributed by atoms with E-state index in [1.807, 2.05) is 31.2 Å². The third kappa shape index (κ3) is 4.78. The lowest BCUT2D eigenvalue weighted by Gasteiger charge is -2.33. The Kier molecular flexibility index (Phi) is 5.63. The first-order chi connectivity index (χ1) is 12.1. The van der Waals surface area contributed by atoms with E-state index >= 15 is 0 Å². The van der Waals surface area contributed by atoms with Crippen LogP contribution in [0.1, 0.15) is 16.1 Å². The topological polar surface area (TPSA) is 65.8 Å². The maximum atomic E-state index is 12.2. The monoisotopic (exact) mass is 341 g/mol. The Morgan fingerprint density at radius 3 is 2.32 bits per heavy atom. The fourth-order valence-corrected chi connectivity index (χ4v) is 2.93. The van der Waals surface area contributed by atoms with Crippen molar-refractivity contribution in [3.8, 4) is 0 Å². The highest BCUT2D eigenvalue weighted by molar-refractivity contribution is 5.95. The zero-order chi connectivity index (χ0) is 17.6. The summed E-state index contributed by atoms with van der Waals surface area (Å²) in [6.45, 7) is 5.78. The number of furan rings is 1. The van der Waals surface area contributed by atoms with Gasteiger partial charge >= 0.3 is 0 Å². The van der Waals surface area contributed by atoms with Crippen molar-refractivity contribution in [2.75, 3.05) is 44.6 Å². The molecule has 1 saturated heterocycles. The van der Waals surface area contributed by atoms with E-state index < -0.39 is 0 Å². The van der Waals surface area contributed by atoms with Crippen molar-refractivity contribution in [3.63, 3.8) is 0 Å². The minimum absolute atomic E-state index is 0.00394. The van der Waals surface area contributed by atoms with Gasteiger partial charge in [-0.25, -0.2) is 0 Å². The number of hydrogen-bond donors (Lipinski definition) is 1. The van der Waals surface area contributed by atoms with Crippen LogP contribution in [-0.2, 0) is 4.79 Å². The lowest BCUT2D eigenvalue weighted by molar-refractivity contribution is -0.117. The lowest BCUT2D eigenvalue weighted by atomic mass is 10.2. The predicted molar refractivity (Wildman–Crippen MR) is 95.7 cm³/mol. The highest BCUT2D eigenvalue weighted by Crippen LogP contribution is 2.13. The van der Waals surface area contributed by atoms with Crippen LogP contribution in [0.2, 0.25) is 0 Å². The van der Waals surface area contributed by atoms with Crippen LogP contribution in [0.25, 0.3) is 0 Å². The lowest BCUT2D eigenvalue weighted by Crippen LogP contribution is -2.49. The maximum Gasteiger partial charge on any atom is 0.238 e. The Morgan fingerprint density at radius 1 is 1.00 bits per heavy atom. The molecule has 1 fully saturated rings. The minimum Gasteiger partial charge on any atom is -0.461 e. The van der Waals surface area contributed by atoms with Gasteiger partial charge in [0, 0.05) is 31.9 Å². The van der Waals surface area contributed by atoms with Crippen LogP contribution in [0, 0.1) is 6.92 Å². The summed E-state index contributed by atoms with van der Waals surface area (Å²) in [5.74, 6) is 0.394. The molecule has 0 unspecified atom stereocenters. The first-order valence-electron chi connectivity index (χ1n) is 8.49. The summed E-state index contributed by atoms with van der Waals surface area (Å²) in [4.78, 5) is 28.5. The molecule has 0 spiro atoms. The van der Waals surface area contributed by atoms with Gasteiger partial charge in [-0.2, -0.15) is 0 Å². The number of aryl methyl sites for hydroxylation is 1. The normalized spacial score (nSPS) is 15.9. The first-order valence-corrected chi connectivity index (χ1v) is 8.49. The Hall–Kier alpha value is -2.44. The van der Waals surface area contributed by atoms with Gasteiger partial charge in [-0.1, -0.05) is 18.2 Å². The smallest absolute Gasteiger partial charge is 0.238 e. The number of carbonyl (C=O) groups is 2. The van der Waals surface area contributed by atoms with Gasteiger partial charge in [0.25, 0.3) is 0 Å².